The van der Waals surface area contributed by atoms with Crippen molar-refractivity contribution in [2.45, 2.75) is 96.1 Å². The van der Waals surface area contributed by atoms with Gasteiger partial charge in [0.05, 0.1) is 18.8 Å². The van der Waals surface area contributed by atoms with E-state index in [9.17, 15) is 5.11 Å². The van der Waals surface area contributed by atoms with Gasteiger partial charge in [0, 0.05) is 4.91 Å². The van der Waals surface area contributed by atoms with E-state index >= 15 is 0 Å². The van der Waals surface area contributed by atoms with Gasteiger partial charge in [-0.2, -0.15) is 0 Å². The van der Waals surface area contributed by atoms with Gasteiger partial charge in [0.2, 0.25) is 0 Å². The number of azide groups is 1. The second-order valence-electron chi connectivity index (χ2n) is 6.20. The van der Waals surface area contributed by atoms with Crippen LogP contribution in [0.2, 0.25) is 0 Å². The SMILES string of the molecule is CCCCCCCCCCCCC/C=C\[C@@H](O)[C@@H](CO)N=[N+]=[N-]. The summed E-state index contributed by atoms with van der Waals surface area (Å²) in [5.74, 6) is 0. The number of hydrogen-bond acceptors (Lipinski definition) is 3. The normalized spacial score (nSPS) is 13.9. The van der Waals surface area contributed by atoms with E-state index in [0.29, 0.717) is 0 Å². The van der Waals surface area contributed by atoms with Crippen molar-refractivity contribution in [2.75, 3.05) is 6.61 Å². The highest BCUT2D eigenvalue weighted by Gasteiger charge is 2.12. The van der Waals surface area contributed by atoms with E-state index in [-0.39, 0.29) is 6.61 Å². The molecule has 2 N–H and O–H groups in total. The second kappa shape index (κ2) is 17.3. The summed E-state index contributed by atoms with van der Waals surface area (Å²) < 4.78 is 0. The van der Waals surface area contributed by atoms with Crippen molar-refractivity contribution in [1.82, 2.24) is 0 Å². The molecule has 5 heteroatoms. The van der Waals surface area contributed by atoms with E-state index in [4.69, 9.17) is 10.6 Å². The zero-order valence-electron chi connectivity index (χ0n) is 14.7. The molecule has 0 amide bonds. The first-order valence-electron chi connectivity index (χ1n) is 9.26. The number of rotatable bonds is 16. The highest BCUT2D eigenvalue weighted by atomic mass is 16.3. The Morgan fingerprint density at radius 3 is 1.96 bits per heavy atom. The minimum atomic E-state index is -0.899. The Morgan fingerprint density at radius 2 is 1.48 bits per heavy atom. The van der Waals surface area contributed by atoms with Gasteiger partial charge in [-0.3, -0.25) is 0 Å². The Bertz CT molecular complexity index is 328. The first-order chi connectivity index (χ1) is 11.3. The van der Waals surface area contributed by atoms with Gasteiger partial charge in [0.25, 0.3) is 0 Å². The highest BCUT2D eigenvalue weighted by Crippen LogP contribution is 2.12. The molecular formula is C18H35N3O2. The van der Waals surface area contributed by atoms with Crippen molar-refractivity contribution >= 4 is 0 Å². The van der Waals surface area contributed by atoms with E-state index in [1.807, 2.05) is 6.08 Å². The summed E-state index contributed by atoms with van der Waals surface area (Å²) in [5, 5.41) is 22.0. The number of aliphatic hydroxyl groups excluding tert-OH is 2. The van der Waals surface area contributed by atoms with Gasteiger partial charge in [0.15, 0.2) is 0 Å². The van der Waals surface area contributed by atoms with Crippen LogP contribution in [0.4, 0.5) is 0 Å². The Hall–Kier alpha value is -1.03. The fourth-order valence-electron chi connectivity index (χ4n) is 2.57. The quantitative estimate of drug-likeness (QED) is 0.133. The van der Waals surface area contributed by atoms with Gasteiger partial charge in [-0.25, -0.2) is 0 Å². The summed E-state index contributed by atoms with van der Waals surface area (Å²) in [7, 11) is 0. The average molecular weight is 325 g/mol. The van der Waals surface area contributed by atoms with E-state index in [2.05, 4.69) is 16.9 Å². The van der Waals surface area contributed by atoms with E-state index in [0.717, 1.165) is 12.8 Å². The van der Waals surface area contributed by atoms with Crippen LogP contribution in [0.3, 0.4) is 0 Å². The first kappa shape index (κ1) is 22.0. The van der Waals surface area contributed by atoms with E-state index in [1.165, 1.54) is 64.2 Å². The lowest BCUT2D eigenvalue weighted by Crippen LogP contribution is -2.25. The monoisotopic (exact) mass is 325 g/mol. The fraction of sp³-hybridized carbons (Fsp3) is 0.889. The summed E-state index contributed by atoms with van der Waals surface area (Å²) in [4.78, 5) is 2.61. The average Bonchev–Trinajstić information content (AvgIpc) is 2.56. The van der Waals surface area contributed by atoms with Gasteiger partial charge < -0.3 is 10.2 Å². The molecule has 5 nitrogen and oxygen atoms in total. The van der Waals surface area contributed by atoms with Crippen molar-refractivity contribution in [2.24, 2.45) is 5.11 Å². The standard InChI is InChI=1S/C18H35N3O2/c1-2-3-4-5-6-7-8-9-10-11-12-13-14-15-18(23)17(16-22)20-21-19/h14-15,17-18,22-23H,2-13,16H2,1H3/b15-14-/t17-,18-/m1/s1. The molecule has 0 aromatic carbocycles. The summed E-state index contributed by atoms with van der Waals surface area (Å²) in [5.41, 5.74) is 8.31. The van der Waals surface area contributed by atoms with Crippen molar-refractivity contribution in [3.05, 3.63) is 22.6 Å². The maximum atomic E-state index is 9.71. The van der Waals surface area contributed by atoms with Crippen LogP contribution >= 0.6 is 0 Å². The molecule has 0 saturated heterocycles. The van der Waals surface area contributed by atoms with Crippen LogP contribution < -0.4 is 0 Å². The van der Waals surface area contributed by atoms with Crippen LogP contribution in [0.1, 0.15) is 84.0 Å². The summed E-state index contributed by atoms with van der Waals surface area (Å²) >= 11 is 0. The minimum Gasteiger partial charge on any atom is -0.396 e. The lowest BCUT2D eigenvalue weighted by atomic mass is 10.0. The molecule has 0 unspecified atom stereocenters. The molecule has 0 aliphatic rings. The van der Waals surface area contributed by atoms with Gasteiger partial charge in [-0.15, -0.1) is 0 Å². The Kier molecular flexibility index (Phi) is 16.5. The van der Waals surface area contributed by atoms with Gasteiger partial charge in [0.1, 0.15) is 0 Å². The number of hydrogen-bond donors (Lipinski definition) is 2. The van der Waals surface area contributed by atoms with E-state index in [1.54, 1.807) is 6.08 Å². The molecule has 0 aliphatic carbocycles. The van der Waals surface area contributed by atoms with Crippen molar-refractivity contribution in [3.63, 3.8) is 0 Å². The summed E-state index contributed by atoms with van der Waals surface area (Å²) in [6.45, 7) is 1.91. The second-order valence-corrected chi connectivity index (χ2v) is 6.20. The highest BCUT2D eigenvalue weighted by molar-refractivity contribution is 4.95. The maximum absolute atomic E-state index is 9.71. The zero-order valence-corrected chi connectivity index (χ0v) is 14.7. The topological polar surface area (TPSA) is 89.2 Å². The molecule has 0 aromatic rings. The predicted molar refractivity (Wildman–Crippen MR) is 96.2 cm³/mol. The zero-order chi connectivity index (χ0) is 17.2. The van der Waals surface area contributed by atoms with Crippen LogP contribution in [-0.4, -0.2) is 29.0 Å². The molecule has 0 saturated carbocycles. The largest absolute Gasteiger partial charge is 0.396 e. The van der Waals surface area contributed by atoms with Crippen molar-refractivity contribution in [1.29, 1.82) is 0 Å². The van der Waals surface area contributed by atoms with Crippen LogP contribution in [-0.2, 0) is 0 Å². The molecule has 0 fully saturated rings. The molecule has 2 atom stereocenters. The van der Waals surface area contributed by atoms with Crippen LogP contribution in [0, 0.1) is 0 Å². The van der Waals surface area contributed by atoms with Crippen LogP contribution in [0.5, 0.6) is 0 Å². The third-order valence-electron chi connectivity index (χ3n) is 4.09. The molecule has 0 aliphatic heterocycles. The molecule has 134 valence electrons. The summed E-state index contributed by atoms with van der Waals surface area (Å²) in [6.07, 6.45) is 18.1. The molecule has 0 spiro atoms. The maximum Gasteiger partial charge on any atom is 0.0900 e. The molecule has 0 rings (SSSR count). The van der Waals surface area contributed by atoms with Crippen LogP contribution in [0.15, 0.2) is 17.3 Å². The third kappa shape index (κ3) is 14.3. The molecular weight excluding hydrogens is 290 g/mol. The number of allylic oxidation sites excluding steroid dienone is 1. The van der Waals surface area contributed by atoms with Crippen LogP contribution in [0.25, 0.3) is 10.4 Å². The van der Waals surface area contributed by atoms with Crippen molar-refractivity contribution in [3.8, 4) is 0 Å². The first-order valence-corrected chi connectivity index (χ1v) is 9.26. The molecule has 0 radical (unpaired) electrons. The lowest BCUT2D eigenvalue weighted by molar-refractivity contribution is 0.144. The smallest absolute Gasteiger partial charge is 0.0900 e. The number of nitrogens with zero attached hydrogens (tertiary/aromatic N) is 3. The molecule has 0 aromatic heterocycles. The molecule has 0 heterocycles. The van der Waals surface area contributed by atoms with Gasteiger partial charge in [-0.05, 0) is 18.4 Å². The minimum absolute atomic E-state index is 0.339. The Labute approximate surface area is 141 Å². The van der Waals surface area contributed by atoms with E-state index < -0.39 is 12.1 Å². The molecule has 23 heavy (non-hydrogen) atoms. The van der Waals surface area contributed by atoms with Gasteiger partial charge >= 0.3 is 0 Å². The number of aliphatic hydroxyl groups is 2. The number of unbranched alkanes of at least 4 members (excludes halogenated alkanes) is 11. The Morgan fingerprint density at radius 1 is 0.957 bits per heavy atom. The third-order valence-corrected chi connectivity index (χ3v) is 4.09. The Balaban J connectivity index is 3.41. The fourth-order valence-corrected chi connectivity index (χ4v) is 2.57. The summed E-state index contributed by atoms with van der Waals surface area (Å²) in [6, 6.07) is -0.784. The predicted octanol–water partition coefficient (Wildman–Crippen LogP) is 5.28. The van der Waals surface area contributed by atoms with Crippen molar-refractivity contribution < 1.29 is 10.2 Å². The molecule has 0 bridgehead atoms. The van der Waals surface area contributed by atoms with Gasteiger partial charge in [-0.1, -0.05) is 88.4 Å². The lowest BCUT2D eigenvalue weighted by Gasteiger charge is -2.11.